The Labute approximate surface area is 132 Å². The van der Waals surface area contributed by atoms with Gasteiger partial charge in [0.25, 0.3) is 11.6 Å². The molecule has 1 aromatic rings. The molecule has 2 N–H and O–H groups in total. The van der Waals surface area contributed by atoms with Crippen LogP contribution in [0.15, 0.2) is 17.0 Å². The topological polar surface area (TPSA) is 98.7 Å². The molecule has 0 spiro atoms. The molecule has 1 fully saturated rings. The molecule has 0 saturated carbocycles. The zero-order valence-electron chi connectivity index (χ0n) is 12.6. The van der Waals surface area contributed by atoms with Gasteiger partial charge in [0.2, 0.25) is 0 Å². The summed E-state index contributed by atoms with van der Waals surface area (Å²) in [4.78, 5) is 25.7. The van der Waals surface area contributed by atoms with E-state index in [4.69, 9.17) is 10.5 Å². The fraction of sp³-hybridized carbons (Fsp3) is 0.500. The number of benzene rings is 1. The van der Waals surface area contributed by atoms with E-state index in [1.807, 2.05) is 6.26 Å². The number of amides is 1. The molecule has 1 aliphatic rings. The van der Waals surface area contributed by atoms with E-state index in [1.165, 1.54) is 24.9 Å². The van der Waals surface area contributed by atoms with Gasteiger partial charge in [-0.25, -0.2) is 0 Å². The number of ether oxygens (including phenoxy) is 1. The lowest BCUT2D eigenvalue weighted by Crippen LogP contribution is -2.43. The molecule has 8 heteroatoms. The van der Waals surface area contributed by atoms with Crippen LogP contribution in [-0.2, 0) is 0 Å². The Balaban J connectivity index is 2.39. The molecule has 1 aromatic carbocycles. The lowest BCUT2D eigenvalue weighted by atomic mass is 10.0. The summed E-state index contributed by atoms with van der Waals surface area (Å²) < 4.78 is 5.15. The van der Waals surface area contributed by atoms with E-state index in [0.717, 1.165) is 0 Å². The van der Waals surface area contributed by atoms with Gasteiger partial charge < -0.3 is 15.4 Å². The van der Waals surface area contributed by atoms with Crippen LogP contribution in [0.1, 0.15) is 23.2 Å². The second kappa shape index (κ2) is 6.97. The highest BCUT2D eigenvalue weighted by Crippen LogP contribution is 2.35. The molecule has 0 aliphatic carbocycles. The van der Waals surface area contributed by atoms with Crippen molar-refractivity contribution in [3.05, 3.63) is 27.8 Å². The zero-order chi connectivity index (χ0) is 16.3. The molecule has 0 atom stereocenters. The van der Waals surface area contributed by atoms with Crippen LogP contribution in [0.5, 0.6) is 5.75 Å². The van der Waals surface area contributed by atoms with Crippen LogP contribution >= 0.6 is 11.8 Å². The minimum absolute atomic E-state index is 0.0941. The van der Waals surface area contributed by atoms with Crippen molar-refractivity contribution < 1.29 is 14.5 Å². The van der Waals surface area contributed by atoms with Crippen LogP contribution in [0.2, 0.25) is 0 Å². The van der Waals surface area contributed by atoms with Gasteiger partial charge in [-0.1, -0.05) is 0 Å². The number of nitro groups is 1. The number of likely N-dealkylation sites (tertiary alicyclic amines) is 1. The molecule has 1 heterocycles. The third-order valence-electron chi connectivity index (χ3n) is 3.76. The average Bonchev–Trinajstić information content (AvgIpc) is 2.53. The third kappa shape index (κ3) is 3.33. The monoisotopic (exact) mass is 325 g/mol. The van der Waals surface area contributed by atoms with Crippen molar-refractivity contribution in [1.29, 1.82) is 0 Å². The molecule has 0 bridgehead atoms. The first-order valence-corrected chi connectivity index (χ1v) is 8.15. The Kier molecular flexibility index (Phi) is 5.25. The van der Waals surface area contributed by atoms with Crippen LogP contribution < -0.4 is 10.5 Å². The molecule has 1 saturated heterocycles. The van der Waals surface area contributed by atoms with Crippen molar-refractivity contribution >= 4 is 23.4 Å². The fourth-order valence-corrected chi connectivity index (χ4v) is 3.04. The number of carbonyl (C=O) groups excluding carboxylic acids is 1. The van der Waals surface area contributed by atoms with Gasteiger partial charge in [-0.05, 0) is 25.2 Å². The average molecular weight is 325 g/mol. The van der Waals surface area contributed by atoms with E-state index in [1.54, 1.807) is 11.0 Å². The third-order valence-corrected chi connectivity index (χ3v) is 4.51. The highest BCUT2D eigenvalue weighted by Gasteiger charge is 2.29. The Hall–Kier alpha value is -1.80. The number of hydrogen-bond acceptors (Lipinski definition) is 6. The van der Waals surface area contributed by atoms with Crippen molar-refractivity contribution in [3.63, 3.8) is 0 Å². The smallest absolute Gasteiger partial charge is 0.285 e. The van der Waals surface area contributed by atoms with E-state index in [-0.39, 0.29) is 23.2 Å². The van der Waals surface area contributed by atoms with Gasteiger partial charge >= 0.3 is 0 Å². The molecule has 0 aromatic heterocycles. The molecule has 7 nitrogen and oxygen atoms in total. The minimum atomic E-state index is -0.546. The summed E-state index contributed by atoms with van der Waals surface area (Å²) in [6.45, 7) is 1.05. The highest BCUT2D eigenvalue weighted by atomic mass is 32.2. The number of methoxy groups -OCH3 is 1. The molecule has 2 rings (SSSR count). The maximum Gasteiger partial charge on any atom is 0.285 e. The summed E-state index contributed by atoms with van der Waals surface area (Å²) in [7, 11) is 1.45. The predicted molar refractivity (Wildman–Crippen MR) is 84.5 cm³/mol. The van der Waals surface area contributed by atoms with E-state index < -0.39 is 4.92 Å². The Morgan fingerprint density at radius 3 is 2.59 bits per heavy atom. The SMILES string of the molecule is COc1cc([N+](=O)[O-])c(C(=O)N2CCC(N)CC2)cc1SC. The van der Waals surface area contributed by atoms with Crippen LogP contribution in [0.3, 0.4) is 0 Å². The standard InChI is InChI=1S/C14H19N3O4S/c1-21-12-8-11(17(19)20)10(7-13(12)22-2)14(18)16-5-3-9(15)4-6-16/h7-9H,3-6,15H2,1-2H3. The van der Waals surface area contributed by atoms with Gasteiger partial charge in [0.05, 0.1) is 23.0 Å². The number of rotatable bonds is 4. The summed E-state index contributed by atoms with van der Waals surface area (Å²) in [5.74, 6) is 0.0768. The molecule has 22 heavy (non-hydrogen) atoms. The number of nitrogens with two attached hydrogens (primary N) is 1. The number of hydrogen-bond donors (Lipinski definition) is 1. The Bertz CT molecular complexity index is 586. The van der Waals surface area contributed by atoms with Crippen LogP contribution in [0.25, 0.3) is 0 Å². The molecule has 1 amide bonds. The molecule has 1 aliphatic heterocycles. The lowest BCUT2D eigenvalue weighted by Gasteiger charge is -2.30. The molecular weight excluding hydrogens is 306 g/mol. The van der Waals surface area contributed by atoms with E-state index in [9.17, 15) is 14.9 Å². The maximum atomic E-state index is 12.6. The molecular formula is C14H19N3O4S. The van der Waals surface area contributed by atoms with Crippen molar-refractivity contribution in [2.45, 2.75) is 23.8 Å². The summed E-state index contributed by atoms with van der Waals surface area (Å²) in [6, 6.07) is 2.95. The van der Waals surface area contributed by atoms with Gasteiger partial charge in [-0.3, -0.25) is 14.9 Å². The second-order valence-electron chi connectivity index (χ2n) is 5.11. The van der Waals surface area contributed by atoms with Gasteiger partial charge in [-0.2, -0.15) is 0 Å². The quantitative estimate of drug-likeness (QED) is 0.515. The Morgan fingerprint density at radius 1 is 1.45 bits per heavy atom. The van der Waals surface area contributed by atoms with E-state index in [2.05, 4.69) is 0 Å². The second-order valence-corrected chi connectivity index (χ2v) is 5.96. The number of carbonyl (C=O) groups is 1. The van der Waals surface area contributed by atoms with E-state index in [0.29, 0.717) is 36.6 Å². The van der Waals surface area contributed by atoms with E-state index >= 15 is 0 Å². The maximum absolute atomic E-state index is 12.6. The van der Waals surface area contributed by atoms with Gasteiger partial charge in [0.15, 0.2) is 0 Å². The Morgan fingerprint density at radius 2 is 2.09 bits per heavy atom. The summed E-state index contributed by atoms with van der Waals surface area (Å²) in [5.41, 5.74) is 5.71. The first-order chi connectivity index (χ1) is 10.5. The molecule has 0 radical (unpaired) electrons. The first-order valence-electron chi connectivity index (χ1n) is 6.93. The largest absolute Gasteiger partial charge is 0.495 e. The molecule has 0 unspecified atom stereocenters. The lowest BCUT2D eigenvalue weighted by molar-refractivity contribution is -0.385. The number of nitro benzene ring substituents is 1. The zero-order valence-corrected chi connectivity index (χ0v) is 13.4. The van der Waals surface area contributed by atoms with Crippen LogP contribution in [0.4, 0.5) is 5.69 Å². The number of nitrogens with zero attached hydrogens (tertiary/aromatic N) is 2. The molecule has 120 valence electrons. The predicted octanol–water partition coefficient (Wildman–Crippen LogP) is 1.89. The normalized spacial score (nSPS) is 15.7. The first kappa shape index (κ1) is 16.6. The number of thioether (sulfide) groups is 1. The van der Waals surface area contributed by atoms with Crippen LogP contribution in [-0.4, -0.2) is 48.2 Å². The van der Waals surface area contributed by atoms with Crippen molar-refractivity contribution in [2.24, 2.45) is 5.73 Å². The minimum Gasteiger partial charge on any atom is -0.495 e. The van der Waals surface area contributed by atoms with Gasteiger partial charge in [0, 0.05) is 19.1 Å². The van der Waals surface area contributed by atoms with Crippen molar-refractivity contribution in [1.82, 2.24) is 4.90 Å². The van der Waals surface area contributed by atoms with Crippen molar-refractivity contribution in [3.8, 4) is 5.75 Å². The van der Waals surface area contributed by atoms with Gasteiger partial charge in [0.1, 0.15) is 11.3 Å². The summed E-state index contributed by atoms with van der Waals surface area (Å²) in [6.07, 6.45) is 3.26. The van der Waals surface area contributed by atoms with Crippen LogP contribution in [0, 0.1) is 10.1 Å². The fourth-order valence-electron chi connectivity index (χ4n) is 2.46. The van der Waals surface area contributed by atoms with Gasteiger partial charge in [-0.15, -0.1) is 11.8 Å². The highest BCUT2D eigenvalue weighted by molar-refractivity contribution is 7.98. The number of piperidine rings is 1. The summed E-state index contributed by atoms with van der Waals surface area (Å²) >= 11 is 1.38. The van der Waals surface area contributed by atoms with Crippen molar-refractivity contribution in [2.75, 3.05) is 26.5 Å². The summed E-state index contributed by atoms with van der Waals surface area (Å²) in [5, 5.41) is 11.3.